The Hall–Kier alpha value is -1.32. The van der Waals surface area contributed by atoms with E-state index in [0.29, 0.717) is 6.42 Å². The number of aryl methyl sites for hydroxylation is 1. The fraction of sp³-hybridized carbons (Fsp3) is 0.250. The average Bonchev–Trinajstić information content (AvgIpc) is 2.42. The molecule has 1 aliphatic rings. The molecule has 0 aromatic heterocycles. The van der Waals surface area contributed by atoms with Gasteiger partial charge in [0.2, 0.25) is 0 Å². The molecule has 2 atom stereocenters. The average molecular weight is 319 g/mol. The van der Waals surface area contributed by atoms with E-state index in [1.165, 1.54) is 5.56 Å². The van der Waals surface area contributed by atoms with Crippen LogP contribution in [0.4, 0.5) is 0 Å². The minimum absolute atomic E-state index is 0.0864. The maximum Gasteiger partial charge on any atom is 0.127 e. The van der Waals surface area contributed by atoms with Crippen molar-refractivity contribution in [3.8, 4) is 5.75 Å². The molecule has 3 rings (SSSR count). The summed E-state index contributed by atoms with van der Waals surface area (Å²) < 4.78 is 7.10. The molecule has 19 heavy (non-hydrogen) atoms. The molecule has 1 unspecified atom stereocenters. The Morgan fingerprint density at radius 3 is 2.79 bits per heavy atom. The van der Waals surface area contributed by atoms with Crippen LogP contribution in [0, 0.1) is 6.92 Å². The van der Waals surface area contributed by atoms with Crippen molar-refractivity contribution in [3.05, 3.63) is 63.6 Å². The minimum Gasteiger partial charge on any atom is -0.485 e. The van der Waals surface area contributed by atoms with Crippen molar-refractivity contribution in [1.29, 1.82) is 0 Å². The monoisotopic (exact) mass is 318 g/mol. The van der Waals surface area contributed by atoms with E-state index in [1.807, 2.05) is 36.4 Å². The highest BCUT2D eigenvalue weighted by Gasteiger charge is 2.27. The van der Waals surface area contributed by atoms with Gasteiger partial charge in [0.05, 0.1) is 6.10 Å². The van der Waals surface area contributed by atoms with Gasteiger partial charge in [0.1, 0.15) is 11.9 Å². The SMILES string of the molecule is Cc1cc(C2C[C@@H](O)c3ccccc3O2)ccc1Br. The van der Waals surface area contributed by atoms with Crippen LogP contribution in [0.3, 0.4) is 0 Å². The summed E-state index contributed by atoms with van der Waals surface area (Å²) in [5.74, 6) is 0.784. The summed E-state index contributed by atoms with van der Waals surface area (Å²) in [6.07, 6.45) is 0.0496. The summed E-state index contributed by atoms with van der Waals surface area (Å²) in [5, 5.41) is 10.2. The van der Waals surface area contributed by atoms with Crippen molar-refractivity contribution in [2.75, 3.05) is 0 Å². The van der Waals surface area contributed by atoms with Gasteiger partial charge >= 0.3 is 0 Å². The second kappa shape index (κ2) is 4.99. The highest BCUT2D eigenvalue weighted by Crippen LogP contribution is 2.40. The molecular weight excluding hydrogens is 304 g/mol. The third-order valence-corrected chi connectivity index (χ3v) is 4.43. The molecule has 0 saturated heterocycles. The van der Waals surface area contributed by atoms with Gasteiger partial charge in [-0.05, 0) is 30.2 Å². The first kappa shape index (κ1) is 12.7. The van der Waals surface area contributed by atoms with Gasteiger partial charge in [0.15, 0.2) is 0 Å². The van der Waals surface area contributed by atoms with E-state index in [2.05, 4.69) is 28.9 Å². The number of hydrogen-bond acceptors (Lipinski definition) is 2. The highest BCUT2D eigenvalue weighted by molar-refractivity contribution is 9.10. The van der Waals surface area contributed by atoms with Crippen LogP contribution < -0.4 is 4.74 Å². The maximum absolute atomic E-state index is 10.2. The summed E-state index contributed by atoms with van der Waals surface area (Å²) in [6.45, 7) is 2.06. The Labute approximate surface area is 121 Å². The van der Waals surface area contributed by atoms with Gasteiger partial charge in [-0.25, -0.2) is 0 Å². The van der Waals surface area contributed by atoms with Gasteiger partial charge in [-0.15, -0.1) is 0 Å². The van der Waals surface area contributed by atoms with E-state index in [1.54, 1.807) is 0 Å². The normalized spacial score (nSPS) is 21.6. The maximum atomic E-state index is 10.2. The molecule has 0 amide bonds. The predicted octanol–water partition coefficient (Wildman–Crippen LogP) is 4.31. The summed E-state index contributed by atoms with van der Waals surface area (Å²) in [7, 11) is 0. The summed E-state index contributed by atoms with van der Waals surface area (Å²) in [5.41, 5.74) is 3.16. The first-order valence-corrected chi connectivity index (χ1v) is 7.14. The molecule has 2 aromatic rings. The fourth-order valence-corrected chi connectivity index (χ4v) is 2.71. The highest BCUT2D eigenvalue weighted by atomic mass is 79.9. The van der Waals surface area contributed by atoms with E-state index >= 15 is 0 Å². The Kier molecular flexibility index (Phi) is 3.33. The molecule has 1 heterocycles. The van der Waals surface area contributed by atoms with Crippen molar-refractivity contribution < 1.29 is 9.84 Å². The van der Waals surface area contributed by atoms with Crippen LogP contribution in [0.2, 0.25) is 0 Å². The van der Waals surface area contributed by atoms with Crippen molar-refractivity contribution in [2.45, 2.75) is 25.6 Å². The van der Waals surface area contributed by atoms with Crippen molar-refractivity contribution in [2.24, 2.45) is 0 Å². The molecule has 2 aromatic carbocycles. The van der Waals surface area contributed by atoms with Gasteiger partial charge in [0.25, 0.3) is 0 Å². The summed E-state index contributed by atoms with van der Waals surface area (Å²) in [4.78, 5) is 0. The lowest BCUT2D eigenvalue weighted by Gasteiger charge is -2.30. The number of fused-ring (bicyclic) bond motifs is 1. The lowest BCUT2D eigenvalue weighted by molar-refractivity contribution is 0.0657. The summed E-state index contributed by atoms with van der Waals surface area (Å²) >= 11 is 3.50. The molecule has 0 spiro atoms. The number of aliphatic hydroxyl groups excluding tert-OH is 1. The summed E-state index contributed by atoms with van der Waals surface area (Å²) in [6, 6.07) is 13.9. The zero-order chi connectivity index (χ0) is 13.4. The fourth-order valence-electron chi connectivity index (χ4n) is 2.47. The van der Waals surface area contributed by atoms with Crippen LogP contribution in [-0.2, 0) is 0 Å². The third-order valence-electron chi connectivity index (χ3n) is 3.54. The lowest BCUT2D eigenvalue weighted by atomic mass is 9.94. The van der Waals surface area contributed by atoms with Crippen molar-refractivity contribution >= 4 is 15.9 Å². The molecule has 2 nitrogen and oxygen atoms in total. The number of rotatable bonds is 1. The van der Waals surface area contributed by atoms with Crippen LogP contribution >= 0.6 is 15.9 Å². The zero-order valence-electron chi connectivity index (χ0n) is 10.6. The van der Waals surface area contributed by atoms with Crippen molar-refractivity contribution in [3.63, 3.8) is 0 Å². The number of para-hydroxylation sites is 1. The van der Waals surface area contributed by atoms with E-state index in [4.69, 9.17) is 4.74 Å². The van der Waals surface area contributed by atoms with Gasteiger partial charge in [-0.2, -0.15) is 0 Å². The number of ether oxygens (including phenoxy) is 1. The topological polar surface area (TPSA) is 29.5 Å². The van der Waals surface area contributed by atoms with Gasteiger partial charge in [0, 0.05) is 16.5 Å². The van der Waals surface area contributed by atoms with Crippen LogP contribution in [-0.4, -0.2) is 5.11 Å². The standard InChI is InChI=1S/C16H15BrO2/c1-10-8-11(6-7-13(10)17)16-9-14(18)12-4-2-3-5-15(12)19-16/h2-8,14,16,18H,9H2,1H3/t14-,16?/m1/s1. The van der Waals surface area contributed by atoms with E-state index in [-0.39, 0.29) is 6.10 Å². The number of aliphatic hydroxyl groups is 1. The Balaban J connectivity index is 1.94. The Morgan fingerprint density at radius 2 is 2.00 bits per heavy atom. The predicted molar refractivity (Wildman–Crippen MR) is 78.3 cm³/mol. The van der Waals surface area contributed by atoms with Crippen LogP contribution in [0.5, 0.6) is 5.75 Å². The van der Waals surface area contributed by atoms with Crippen LogP contribution in [0.15, 0.2) is 46.9 Å². The molecule has 1 N–H and O–H groups in total. The minimum atomic E-state index is -0.459. The van der Waals surface area contributed by atoms with Gasteiger partial charge < -0.3 is 9.84 Å². The lowest BCUT2D eigenvalue weighted by Crippen LogP contribution is -2.19. The van der Waals surface area contributed by atoms with Gasteiger partial charge in [-0.3, -0.25) is 0 Å². The molecule has 0 radical (unpaired) electrons. The molecule has 3 heteroatoms. The molecule has 0 saturated carbocycles. The first-order valence-electron chi connectivity index (χ1n) is 6.35. The molecule has 0 fully saturated rings. The first-order chi connectivity index (χ1) is 9.15. The second-order valence-electron chi connectivity index (χ2n) is 4.90. The van der Waals surface area contributed by atoms with Crippen LogP contribution in [0.1, 0.15) is 35.3 Å². The van der Waals surface area contributed by atoms with E-state index in [9.17, 15) is 5.11 Å². The van der Waals surface area contributed by atoms with E-state index < -0.39 is 6.10 Å². The number of benzene rings is 2. The largest absolute Gasteiger partial charge is 0.485 e. The smallest absolute Gasteiger partial charge is 0.127 e. The molecule has 98 valence electrons. The Bertz CT molecular complexity index is 609. The third kappa shape index (κ3) is 2.40. The van der Waals surface area contributed by atoms with Crippen LogP contribution in [0.25, 0.3) is 0 Å². The van der Waals surface area contributed by atoms with Crippen molar-refractivity contribution in [1.82, 2.24) is 0 Å². The molecule has 1 aliphatic heterocycles. The second-order valence-corrected chi connectivity index (χ2v) is 5.76. The van der Waals surface area contributed by atoms with E-state index in [0.717, 1.165) is 21.3 Å². The quantitative estimate of drug-likeness (QED) is 0.848. The number of hydrogen-bond donors (Lipinski definition) is 1. The molecule has 0 aliphatic carbocycles. The molecule has 0 bridgehead atoms. The Morgan fingerprint density at radius 1 is 1.21 bits per heavy atom. The number of halogens is 1. The zero-order valence-corrected chi connectivity index (χ0v) is 12.2. The molecular formula is C16H15BrO2. The van der Waals surface area contributed by atoms with Gasteiger partial charge in [-0.1, -0.05) is 46.3 Å².